The molecule has 2 aliphatic heterocycles. The third-order valence-corrected chi connectivity index (χ3v) is 6.90. The molecule has 1 saturated carbocycles. The summed E-state index contributed by atoms with van der Waals surface area (Å²) in [5.74, 6) is 0.362. The molecule has 25 heavy (non-hydrogen) atoms. The summed E-state index contributed by atoms with van der Waals surface area (Å²) in [5, 5.41) is 9.80. The number of carbonyl (C=O) groups excluding carboxylic acids is 1. The molecule has 4 bridgehead atoms. The molecule has 138 valence electrons. The number of benzene rings is 1. The van der Waals surface area contributed by atoms with Crippen LogP contribution in [-0.2, 0) is 21.4 Å². The Labute approximate surface area is 156 Å². The van der Waals surface area contributed by atoms with E-state index in [1.807, 2.05) is 6.92 Å². The van der Waals surface area contributed by atoms with Gasteiger partial charge in [-0.05, 0) is 56.7 Å². The lowest BCUT2D eigenvalue weighted by atomic mass is 9.48. The van der Waals surface area contributed by atoms with Crippen molar-refractivity contribution in [1.29, 1.82) is 0 Å². The quantitative estimate of drug-likeness (QED) is 0.833. The predicted molar refractivity (Wildman–Crippen MR) is 99.0 cm³/mol. The number of hydrogen-bond donors (Lipinski definition) is 1. The van der Waals surface area contributed by atoms with Gasteiger partial charge in [-0.15, -0.1) is 12.4 Å². The van der Waals surface area contributed by atoms with Crippen LogP contribution in [-0.4, -0.2) is 48.3 Å². The molecule has 1 aromatic carbocycles. The maximum Gasteiger partial charge on any atom is 0.310 e. The second-order valence-electron chi connectivity index (χ2n) is 7.70. The number of hydrogen-bond acceptors (Lipinski definition) is 4. The fourth-order valence-corrected chi connectivity index (χ4v) is 5.94. The Bertz CT molecular complexity index is 652. The zero-order valence-electron chi connectivity index (χ0n) is 15.0. The number of likely N-dealkylation sites (N-methyl/N-ethyl adjacent to an activating group) is 1. The molecule has 2 aliphatic carbocycles. The van der Waals surface area contributed by atoms with Gasteiger partial charge in [-0.3, -0.25) is 9.69 Å². The highest BCUT2D eigenvalue weighted by molar-refractivity contribution is 5.85. The number of aliphatic hydroxyl groups is 1. The summed E-state index contributed by atoms with van der Waals surface area (Å²) in [5.41, 5.74) is 2.86. The van der Waals surface area contributed by atoms with Crippen LogP contribution in [0.3, 0.4) is 0 Å². The van der Waals surface area contributed by atoms with E-state index < -0.39 is 0 Å². The fraction of sp³-hybridized carbons (Fsp3) is 0.650. The third kappa shape index (κ3) is 2.61. The molecule has 0 amide bonds. The lowest BCUT2D eigenvalue weighted by molar-refractivity contribution is -0.165. The minimum atomic E-state index is -0.0377. The number of halogens is 1. The number of nitrogens with zero attached hydrogens (tertiary/aromatic N) is 1. The average Bonchev–Trinajstić information content (AvgIpc) is 2.59. The summed E-state index contributed by atoms with van der Waals surface area (Å²) in [7, 11) is 2.17. The predicted octanol–water partition coefficient (Wildman–Crippen LogP) is 2.56. The summed E-state index contributed by atoms with van der Waals surface area (Å²) < 4.78 is 5.35. The van der Waals surface area contributed by atoms with Crippen molar-refractivity contribution in [2.75, 3.05) is 20.3 Å². The highest BCUT2D eigenvalue weighted by Crippen LogP contribution is 2.59. The Morgan fingerprint density at radius 2 is 2.12 bits per heavy atom. The molecule has 4 nitrogen and oxygen atoms in total. The van der Waals surface area contributed by atoms with E-state index in [0.717, 1.165) is 25.7 Å². The smallest absolute Gasteiger partial charge is 0.310 e. The molecule has 2 saturated heterocycles. The van der Waals surface area contributed by atoms with E-state index in [-0.39, 0.29) is 42.4 Å². The van der Waals surface area contributed by atoms with Gasteiger partial charge in [0.2, 0.25) is 0 Å². The Morgan fingerprint density at radius 1 is 1.36 bits per heavy atom. The molecule has 3 fully saturated rings. The van der Waals surface area contributed by atoms with Crippen molar-refractivity contribution >= 4 is 18.4 Å². The van der Waals surface area contributed by atoms with Crippen molar-refractivity contribution in [2.24, 2.45) is 11.8 Å². The second kappa shape index (κ2) is 6.90. The van der Waals surface area contributed by atoms with Gasteiger partial charge in [0.15, 0.2) is 0 Å². The number of fused-ring (bicyclic) bond motifs is 2. The Hall–Kier alpha value is -1.10. The normalized spacial score (nSPS) is 35.6. The average molecular weight is 366 g/mol. The number of rotatable bonds is 4. The van der Waals surface area contributed by atoms with Crippen molar-refractivity contribution in [3.63, 3.8) is 0 Å². The van der Waals surface area contributed by atoms with Crippen LogP contribution in [0.4, 0.5) is 0 Å². The summed E-state index contributed by atoms with van der Waals surface area (Å²) in [6, 6.07) is 9.42. The van der Waals surface area contributed by atoms with E-state index in [4.69, 9.17) is 4.74 Å². The van der Waals surface area contributed by atoms with Gasteiger partial charge < -0.3 is 9.84 Å². The Balaban J connectivity index is 0.00000182. The van der Waals surface area contributed by atoms with E-state index in [9.17, 15) is 9.90 Å². The SMILES string of the molecule is CCOC(=O)C1CC2C3Cc4ccccc4C2(CCO)CC1N3C.Cl. The molecule has 2 heterocycles. The van der Waals surface area contributed by atoms with Gasteiger partial charge in [0.05, 0.1) is 12.5 Å². The van der Waals surface area contributed by atoms with Crippen LogP contribution in [0.15, 0.2) is 24.3 Å². The second-order valence-corrected chi connectivity index (χ2v) is 7.70. The highest BCUT2D eigenvalue weighted by Gasteiger charge is 2.61. The lowest BCUT2D eigenvalue weighted by Gasteiger charge is -2.64. The van der Waals surface area contributed by atoms with Crippen LogP contribution in [0.2, 0.25) is 0 Å². The van der Waals surface area contributed by atoms with E-state index in [1.165, 1.54) is 11.1 Å². The van der Waals surface area contributed by atoms with E-state index >= 15 is 0 Å². The Kier molecular flexibility index (Phi) is 5.16. The molecule has 0 spiro atoms. The Morgan fingerprint density at radius 3 is 2.84 bits per heavy atom. The first-order chi connectivity index (χ1) is 11.6. The molecule has 1 N–H and O–H groups in total. The monoisotopic (exact) mass is 365 g/mol. The number of aliphatic hydroxyl groups excluding tert-OH is 1. The maximum absolute atomic E-state index is 12.5. The lowest BCUT2D eigenvalue weighted by Crippen LogP contribution is -2.69. The van der Waals surface area contributed by atoms with Gasteiger partial charge in [0, 0.05) is 24.1 Å². The van der Waals surface area contributed by atoms with Gasteiger partial charge in [0.1, 0.15) is 0 Å². The van der Waals surface area contributed by atoms with Crippen molar-refractivity contribution in [3.8, 4) is 0 Å². The molecule has 1 aromatic rings. The zero-order chi connectivity index (χ0) is 16.9. The van der Waals surface area contributed by atoms with Gasteiger partial charge in [-0.2, -0.15) is 0 Å². The molecular weight excluding hydrogens is 338 g/mol. The first-order valence-corrected chi connectivity index (χ1v) is 9.20. The zero-order valence-corrected chi connectivity index (χ0v) is 15.8. The summed E-state index contributed by atoms with van der Waals surface area (Å²) in [6.45, 7) is 2.53. The fourth-order valence-electron chi connectivity index (χ4n) is 5.94. The van der Waals surface area contributed by atoms with Gasteiger partial charge in [-0.25, -0.2) is 0 Å². The van der Waals surface area contributed by atoms with Crippen molar-refractivity contribution in [2.45, 2.75) is 50.1 Å². The van der Waals surface area contributed by atoms with Crippen molar-refractivity contribution in [3.05, 3.63) is 35.4 Å². The van der Waals surface area contributed by atoms with Crippen molar-refractivity contribution in [1.82, 2.24) is 4.90 Å². The van der Waals surface area contributed by atoms with E-state index in [0.29, 0.717) is 18.6 Å². The molecule has 5 unspecified atom stereocenters. The van der Waals surface area contributed by atoms with Crippen LogP contribution in [0.1, 0.15) is 37.3 Å². The minimum absolute atomic E-state index is 0. The molecule has 0 radical (unpaired) electrons. The number of ether oxygens (including phenoxy) is 1. The van der Waals surface area contributed by atoms with Crippen LogP contribution < -0.4 is 0 Å². The van der Waals surface area contributed by atoms with Crippen molar-refractivity contribution < 1.29 is 14.6 Å². The van der Waals surface area contributed by atoms with E-state index in [1.54, 1.807) is 0 Å². The topological polar surface area (TPSA) is 49.8 Å². The third-order valence-electron chi connectivity index (χ3n) is 6.90. The minimum Gasteiger partial charge on any atom is -0.466 e. The number of esters is 1. The number of carbonyl (C=O) groups is 1. The highest BCUT2D eigenvalue weighted by atomic mass is 35.5. The molecule has 5 atom stereocenters. The molecule has 0 aromatic heterocycles. The summed E-state index contributed by atoms with van der Waals surface area (Å²) >= 11 is 0. The van der Waals surface area contributed by atoms with Crippen LogP contribution >= 0.6 is 12.4 Å². The van der Waals surface area contributed by atoms with Crippen LogP contribution in [0.25, 0.3) is 0 Å². The molecular formula is C20H28ClNO3. The summed E-state index contributed by atoms with van der Waals surface area (Å²) in [6.07, 6.45) is 3.69. The standard InChI is InChI=1S/C20H27NO3.ClH/c1-3-24-19(23)14-11-16-17-10-13-6-4-5-7-15(13)20(16,8-9-22)12-18(14)21(17)2;/h4-7,14,16-18,22H,3,8-12H2,1-2H3;1H. The van der Waals surface area contributed by atoms with Gasteiger partial charge >= 0.3 is 5.97 Å². The van der Waals surface area contributed by atoms with Gasteiger partial charge in [0.25, 0.3) is 0 Å². The van der Waals surface area contributed by atoms with Gasteiger partial charge in [-0.1, -0.05) is 24.3 Å². The van der Waals surface area contributed by atoms with E-state index in [2.05, 4.69) is 36.2 Å². The molecule has 5 heteroatoms. The first kappa shape index (κ1) is 18.7. The molecule has 5 rings (SSSR count). The van der Waals surface area contributed by atoms with Crippen LogP contribution in [0, 0.1) is 11.8 Å². The van der Waals surface area contributed by atoms with Crippen LogP contribution in [0.5, 0.6) is 0 Å². The summed E-state index contributed by atoms with van der Waals surface area (Å²) in [4.78, 5) is 14.9. The largest absolute Gasteiger partial charge is 0.466 e. The molecule has 4 aliphatic rings. The first-order valence-electron chi connectivity index (χ1n) is 9.20. The number of piperidine rings is 2. The maximum atomic E-state index is 12.5.